The van der Waals surface area contributed by atoms with E-state index in [1.54, 1.807) is 13.2 Å². The molecule has 0 unspecified atom stereocenters. The number of pyridine rings is 1. The zero-order valence-corrected chi connectivity index (χ0v) is 17.9. The first-order chi connectivity index (χ1) is 15.6. The zero-order chi connectivity index (χ0) is 22.1. The number of ether oxygens (including phenoxy) is 2. The van der Waals surface area contributed by atoms with E-state index in [2.05, 4.69) is 0 Å². The van der Waals surface area contributed by atoms with Crippen LogP contribution in [0.1, 0.15) is 44.8 Å². The molecule has 1 aliphatic rings. The van der Waals surface area contributed by atoms with Gasteiger partial charge in [0.2, 0.25) is 0 Å². The summed E-state index contributed by atoms with van der Waals surface area (Å²) in [5, 5.41) is 2.69. The molecule has 3 aromatic carbocycles. The molecule has 0 aliphatic heterocycles. The van der Waals surface area contributed by atoms with E-state index >= 15 is 0 Å². The first-order valence-corrected chi connectivity index (χ1v) is 10.8. The van der Waals surface area contributed by atoms with E-state index in [-0.39, 0.29) is 12.4 Å². The Morgan fingerprint density at radius 2 is 1.72 bits per heavy atom. The lowest BCUT2D eigenvalue weighted by atomic mass is 9.90. The Labute approximate surface area is 186 Å². The van der Waals surface area contributed by atoms with Crippen molar-refractivity contribution < 1.29 is 19.1 Å². The second-order valence-electron chi connectivity index (χ2n) is 8.06. The number of esters is 1. The number of aryl methyl sites for hydroxylation is 1. The number of rotatable bonds is 5. The summed E-state index contributed by atoms with van der Waals surface area (Å²) in [5.74, 6) is 0.0716. The molecule has 32 heavy (non-hydrogen) atoms. The van der Waals surface area contributed by atoms with E-state index in [1.165, 1.54) is 0 Å². The van der Waals surface area contributed by atoms with Crippen LogP contribution in [-0.2, 0) is 17.6 Å². The fourth-order valence-corrected chi connectivity index (χ4v) is 4.42. The quantitative estimate of drug-likeness (QED) is 0.320. The van der Waals surface area contributed by atoms with E-state index in [0.29, 0.717) is 11.1 Å². The van der Waals surface area contributed by atoms with Crippen molar-refractivity contribution in [3.8, 4) is 5.75 Å². The summed E-state index contributed by atoms with van der Waals surface area (Å²) in [5.41, 5.74) is 3.79. The number of fused-ring (bicyclic) bond motifs is 3. The number of hydrogen-bond acceptors (Lipinski definition) is 5. The molecule has 5 nitrogen and oxygen atoms in total. The third kappa shape index (κ3) is 3.71. The van der Waals surface area contributed by atoms with E-state index in [0.717, 1.165) is 64.4 Å². The van der Waals surface area contributed by atoms with E-state index < -0.39 is 5.97 Å². The number of carbonyl (C=O) groups is 2. The smallest absolute Gasteiger partial charge is 0.339 e. The minimum atomic E-state index is -0.458. The van der Waals surface area contributed by atoms with Gasteiger partial charge < -0.3 is 9.47 Å². The lowest BCUT2D eigenvalue weighted by molar-refractivity contribution is 0.0475. The lowest BCUT2D eigenvalue weighted by Crippen LogP contribution is -2.18. The van der Waals surface area contributed by atoms with Crippen LogP contribution in [0.5, 0.6) is 5.75 Å². The first-order valence-electron chi connectivity index (χ1n) is 10.8. The van der Waals surface area contributed by atoms with Crippen LogP contribution in [0, 0.1) is 0 Å². The van der Waals surface area contributed by atoms with Crippen molar-refractivity contribution in [1.29, 1.82) is 0 Å². The number of aromatic nitrogens is 1. The van der Waals surface area contributed by atoms with Gasteiger partial charge in [-0.2, -0.15) is 0 Å². The number of benzene rings is 3. The number of carbonyl (C=O) groups excluding carboxylic acids is 2. The largest absolute Gasteiger partial charge is 0.497 e. The monoisotopic (exact) mass is 425 g/mol. The molecule has 0 radical (unpaired) electrons. The molecule has 4 aromatic rings. The van der Waals surface area contributed by atoms with E-state index in [9.17, 15) is 9.59 Å². The Morgan fingerprint density at radius 3 is 2.59 bits per heavy atom. The summed E-state index contributed by atoms with van der Waals surface area (Å²) in [6.45, 7) is -0.300. The standard InChI is InChI=1S/C27H23NO4/c1-31-20-13-12-17-14-19(11-10-18(17)15-20)25(29)16-32-27(30)26-21-6-2-4-8-23(21)28-24-9-5-3-7-22(24)26/h2,4,6,8,10-15H,3,5,7,9,16H2,1H3. The van der Waals surface area contributed by atoms with Gasteiger partial charge in [-0.05, 0) is 66.3 Å². The molecule has 0 amide bonds. The van der Waals surface area contributed by atoms with Crippen LogP contribution >= 0.6 is 0 Å². The molecule has 160 valence electrons. The molecule has 1 aliphatic carbocycles. The number of para-hydroxylation sites is 1. The molecule has 0 spiro atoms. The minimum absolute atomic E-state index is 0.233. The molecular formula is C27H23NO4. The van der Waals surface area contributed by atoms with Crippen LogP contribution in [0.4, 0.5) is 0 Å². The Balaban J connectivity index is 1.40. The Morgan fingerprint density at radius 1 is 0.938 bits per heavy atom. The lowest BCUT2D eigenvalue weighted by Gasteiger charge is -2.19. The topological polar surface area (TPSA) is 65.5 Å². The van der Waals surface area contributed by atoms with Crippen molar-refractivity contribution in [3.05, 3.63) is 83.0 Å². The molecular weight excluding hydrogens is 402 g/mol. The van der Waals surface area contributed by atoms with Crippen molar-refractivity contribution in [3.63, 3.8) is 0 Å². The van der Waals surface area contributed by atoms with Crippen LogP contribution in [0.15, 0.2) is 60.7 Å². The number of Topliss-reactive ketones (excluding diaryl/α,β-unsaturated/α-hetero) is 1. The third-order valence-electron chi connectivity index (χ3n) is 6.08. The highest BCUT2D eigenvalue weighted by Crippen LogP contribution is 2.30. The van der Waals surface area contributed by atoms with Crippen molar-refractivity contribution in [2.45, 2.75) is 25.7 Å². The van der Waals surface area contributed by atoms with E-state index in [4.69, 9.17) is 14.5 Å². The summed E-state index contributed by atoms with van der Waals surface area (Å²) < 4.78 is 10.8. The number of nitrogens with zero attached hydrogens (tertiary/aromatic N) is 1. The van der Waals surface area contributed by atoms with Gasteiger partial charge in [0.05, 0.1) is 18.2 Å². The number of hydrogen-bond donors (Lipinski definition) is 0. The van der Waals surface area contributed by atoms with Crippen LogP contribution in [0.3, 0.4) is 0 Å². The Kier molecular flexibility index (Phi) is 5.31. The second-order valence-corrected chi connectivity index (χ2v) is 8.06. The maximum Gasteiger partial charge on any atom is 0.339 e. The molecule has 1 aromatic heterocycles. The summed E-state index contributed by atoms with van der Waals surface area (Å²) >= 11 is 0. The summed E-state index contributed by atoms with van der Waals surface area (Å²) in [6, 6.07) is 18.7. The predicted octanol–water partition coefficient (Wildman–Crippen LogP) is 5.32. The predicted molar refractivity (Wildman–Crippen MR) is 123 cm³/mol. The molecule has 5 heteroatoms. The van der Waals surface area contributed by atoms with Crippen molar-refractivity contribution in [1.82, 2.24) is 4.98 Å². The summed E-state index contributed by atoms with van der Waals surface area (Å²) in [4.78, 5) is 30.7. The molecule has 0 bridgehead atoms. The summed E-state index contributed by atoms with van der Waals surface area (Å²) in [6.07, 6.45) is 3.76. The van der Waals surface area contributed by atoms with Gasteiger partial charge in [0.15, 0.2) is 12.4 Å². The molecule has 0 saturated heterocycles. The summed E-state index contributed by atoms with van der Waals surface area (Å²) in [7, 11) is 1.62. The van der Waals surface area contributed by atoms with Crippen LogP contribution in [0.25, 0.3) is 21.7 Å². The number of ketones is 1. The second kappa shape index (κ2) is 8.42. The molecule has 0 fully saturated rings. The van der Waals surface area contributed by atoms with Crippen molar-refractivity contribution in [2.75, 3.05) is 13.7 Å². The highest BCUT2D eigenvalue weighted by atomic mass is 16.5. The average molecular weight is 425 g/mol. The van der Waals surface area contributed by atoms with E-state index in [1.807, 2.05) is 54.6 Å². The fraction of sp³-hybridized carbons (Fsp3) is 0.222. The molecule has 1 heterocycles. The molecule has 0 atom stereocenters. The normalized spacial score (nSPS) is 13.0. The molecule has 5 rings (SSSR count). The van der Waals surface area contributed by atoms with Crippen molar-refractivity contribution >= 4 is 33.4 Å². The highest BCUT2D eigenvalue weighted by molar-refractivity contribution is 6.07. The minimum Gasteiger partial charge on any atom is -0.497 e. The van der Waals surface area contributed by atoms with Crippen LogP contribution < -0.4 is 4.74 Å². The van der Waals surface area contributed by atoms with Gasteiger partial charge in [-0.3, -0.25) is 9.78 Å². The third-order valence-corrected chi connectivity index (χ3v) is 6.08. The van der Waals surface area contributed by atoms with Crippen LogP contribution in [-0.4, -0.2) is 30.5 Å². The van der Waals surface area contributed by atoms with Gasteiger partial charge in [0.25, 0.3) is 0 Å². The van der Waals surface area contributed by atoms with Gasteiger partial charge in [0, 0.05) is 16.6 Å². The van der Waals surface area contributed by atoms with Gasteiger partial charge in [0.1, 0.15) is 5.75 Å². The van der Waals surface area contributed by atoms with Crippen LogP contribution in [0.2, 0.25) is 0 Å². The SMILES string of the molecule is COc1ccc2cc(C(=O)COC(=O)c3c4c(nc5ccccc35)CCCC4)ccc2c1. The van der Waals surface area contributed by atoms with Gasteiger partial charge in [-0.25, -0.2) is 4.79 Å². The fourth-order valence-electron chi connectivity index (χ4n) is 4.42. The maximum absolute atomic E-state index is 13.1. The molecule has 0 saturated carbocycles. The Bertz CT molecular complexity index is 1360. The Hall–Kier alpha value is -3.73. The first kappa shape index (κ1) is 20.2. The van der Waals surface area contributed by atoms with Crippen molar-refractivity contribution in [2.24, 2.45) is 0 Å². The van der Waals surface area contributed by atoms with Gasteiger partial charge >= 0.3 is 5.97 Å². The maximum atomic E-state index is 13.1. The zero-order valence-electron chi connectivity index (χ0n) is 17.9. The highest BCUT2D eigenvalue weighted by Gasteiger charge is 2.24. The average Bonchev–Trinajstić information content (AvgIpc) is 2.84. The number of methoxy groups -OCH3 is 1. The van der Waals surface area contributed by atoms with Gasteiger partial charge in [-0.1, -0.05) is 36.4 Å². The molecule has 0 N–H and O–H groups in total. The van der Waals surface area contributed by atoms with Gasteiger partial charge in [-0.15, -0.1) is 0 Å².